The number of aromatic nitrogens is 2. The van der Waals surface area contributed by atoms with Crippen LogP contribution in [0.5, 0.6) is 0 Å². The van der Waals surface area contributed by atoms with Gasteiger partial charge in [0.15, 0.2) is 0 Å². The summed E-state index contributed by atoms with van der Waals surface area (Å²) in [5.74, 6) is -0.0944. The van der Waals surface area contributed by atoms with Crippen molar-refractivity contribution in [2.75, 3.05) is 0 Å². The van der Waals surface area contributed by atoms with Crippen LogP contribution >= 0.6 is 0 Å². The highest BCUT2D eigenvalue weighted by molar-refractivity contribution is 5.81. The topological polar surface area (TPSA) is 64.0 Å². The molecule has 2 aromatic carbocycles. The van der Waals surface area contributed by atoms with Gasteiger partial charge in [-0.2, -0.15) is 5.10 Å². The van der Waals surface area contributed by atoms with Gasteiger partial charge in [0, 0.05) is 5.39 Å². The summed E-state index contributed by atoms with van der Waals surface area (Å²) in [6.45, 7) is 0.0967. The minimum absolute atomic E-state index is 0.0445. The summed E-state index contributed by atoms with van der Waals surface area (Å²) in [5.41, 5.74) is 3.06. The fourth-order valence-electron chi connectivity index (χ4n) is 3.57. The summed E-state index contributed by atoms with van der Waals surface area (Å²) in [5, 5.41) is 7.83. The third kappa shape index (κ3) is 3.05. The summed E-state index contributed by atoms with van der Waals surface area (Å²) in [6, 6.07) is 15.5. The molecule has 0 fully saturated rings. The fourth-order valence-corrected chi connectivity index (χ4v) is 3.57. The molecule has 0 spiro atoms. The van der Waals surface area contributed by atoms with Crippen molar-refractivity contribution in [2.45, 2.75) is 31.8 Å². The molecule has 4 rings (SSSR count). The van der Waals surface area contributed by atoms with E-state index in [4.69, 9.17) is 0 Å². The zero-order valence-corrected chi connectivity index (χ0v) is 13.8. The second-order valence-corrected chi connectivity index (χ2v) is 6.39. The van der Waals surface area contributed by atoms with Crippen molar-refractivity contribution in [1.82, 2.24) is 15.1 Å². The van der Waals surface area contributed by atoms with Crippen LogP contribution in [0.25, 0.3) is 10.9 Å². The minimum atomic E-state index is -0.131. The van der Waals surface area contributed by atoms with Gasteiger partial charge in [-0.1, -0.05) is 36.4 Å². The van der Waals surface area contributed by atoms with E-state index in [1.54, 1.807) is 10.7 Å². The molecule has 1 atom stereocenters. The first-order valence-corrected chi connectivity index (χ1v) is 8.54. The number of fused-ring (bicyclic) bond motifs is 2. The highest BCUT2D eigenvalue weighted by atomic mass is 16.2. The van der Waals surface area contributed by atoms with Gasteiger partial charge in [-0.05, 0) is 42.5 Å². The summed E-state index contributed by atoms with van der Waals surface area (Å²) < 4.78 is 1.58. The van der Waals surface area contributed by atoms with Crippen LogP contribution in [0.1, 0.15) is 30.0 Å². The van der Waals surface area contributed by atoms with Crippen LogP contribution in [0.4, 0.5) is 0 Å². The first kappa shape index (κ1) is 15.6. The predicted molar refractivity (Wildman–Crippen MR) is 96.3 cm³/mol. The molecule has 1 aliphatic rings. The first-order valence-electron chi connectivity index (χ1n) is 8.54. The maximum Gasteiger partial charge on any atom is 0.242 e. The number of rotatable bonds is 3. The number of nitrogens with zero attached hydrogens (tertiary/aromatic N) is 2. The van der Waals surface area contributed by atoms with Crippen molar-refractivity contribution in [2.24, 2.45) is 0 Å². The lowest BCUT2D eigenvalue weighted by molar-refractivity contribution is -0.122. The molecular weight excluding hydrogens is 314 g/mol. The SMILES string of the molecule is O=C(Cn1ncc(=O)c2ccccc21)N[C@@H]1CCCc2ccccc21. The summed E-state index contributed by atoms with van der Waals surface area (Å²) in [4.78, 5) is 24.5. The molecule has 126 valence electrons. The lowest BCUT2D eigenvalue weighted by atomic mass is 9.88. The van der Waals surface area contributed by atoms with E-state index < -0.39 is 0 Å². The average molecular weight is 333 g/mol. The standard InChI is InChI=1S/C20H19N3O2/c24-19-12-21-23(18-11-4-3-9-16(18)19)13-20(25)22-17-10-5-7-14-6-1-2-8-15(14)17/h1-4,6,8-9,11-12,17H,5,7,10,13H2,(H,22,25)/t17-/m1/s1. The molecule has 1 N–H and O–H groups in total. The number of nitrogens with one attached hydrogen (secondary N) is 1. The Kier molecular flexibility index (Phi) is 4.06. The van der Waals surface area contributed by atoms with E-state index in [2.05, 4.69) is 22.5 Å². The molecule has 5 nitrogen and oxygen atoms in total. The smallest absolute Gasteiger partial charge is 0.242 e. The van der Waals surface area contributed by atoms with Gasteiger partial charge < -0.3 is 5.32 Å². The van der Waals surface area contributed by atoms with Crippen LogP contribution in [-0.4, -0.2) is 15.7 Å². The predicted octanol–water partition coefficient (Wildman–Crippen LogP) is 2.59. The van der Waals surface area contributed by atoms with Crippen LogP contribution in [0.3, 0.4) is 0 Å². The Labute approximate surface area is 145 Å². The molecule has 0 radical (unpaired) electrons. The van der Waals surface area contributed by atoms with Gasteiger partial charge in [0.05, 0.1) is 17.8 Å². The molecule has 0 bridgehead atoms. The molecule has 1 aliphatic carbocycles. The van der Waals surface area contributed by atoms with Crippen molar-refractivity contribution < 1.29 is 4.79 Å². The Hall–Kier alpha value is -2.95. The highest BCUT2D eigenvalue weighted by Gasteiger charge is 2.21. The van der Waals surface area contributed by atoms with Crippen LogP contribution in [0.2, 0.25) is 0 Å². The maximum absolute atomic E-state index is 12.6. The second-order valence-electron chi connectivity index (χ2n) is 6.39. The van der Waals surface area contributed by atoms with Crippen molar-refractivity contribution in [1.29, 1.82) is 0 Å². The average Bonchev–Trinajstić information content (AvgIpc) is 2.65. The summed E-state index contributed by atoms with van der Waals surface area (Å²) >= 11 is 0. The number of hydrogen-bond donors (Lipinski definition) is 1. The number of carbonyl (C=O) groups is 1. The van der Waals surface area contributed by atoms with Crippen molar-refractivity contribution >= 4 is 16.8 Å². The molecule has 5 heteroatoms. The molecule has 1 heterocycles. The van der Waals surface area contributed by atoms with Crippen molar-refractivity contribution in [3.05, 3.63) is 76.1 Å². The van der Waals surface area contributed by atoms with E-state index in [0.717, 1.165) is 19.3 Å². The number of para-hydroxylation sites is 1. The zero-order valence-electron chi connectivity index (χ0n) is 13.8. The fraction of sp³-hybridized carbons (Fsp3) is 0.250. The molecule has 1 amide bonds. The lowest BCUT2D eigenvalue weighted by Crippen LogP contribution is -2.34. The lowest BCUT2D eigenvalue weighted by Gasteiger charge is -2.26. The first-order chi connectivity index (χ1) is 12.2. The molecule has 1 aromatic heterocycles. The monoisotopic (exact) mass is 333 g/mol. The number of hydrogen-bond acceptors (Lipinski definition) is 3. The Morgan fingerprint density at radius 2 is 1.96 bits per heavy atom. The maximum atomic E-state index is 12.6. The number of aryl methyl sites for hydroxylation is 1. The van der Waals surface area contributed by atoms with Gasteiger partial charge in [-0.25, -0.2) is 0 Å². The largest absolute Gasteiger partial charge is 0.348 e. The Balaban J connectivity index is 1.56. The van der Waals surface area contributed by atoms with Gasteiger partial charge >= 0.3 is 0 Å². The second kappa shape index (κ2) is 6.51. The summed E-state index contributed by atoms with van der Waals surface area (Å²) in [7, 11) is 0. The molecule has 0 aliphatic heterocycles. The molecular formula is C20H19N3O2. The van der Waals surface area contributed by atoms with Gasteiger partial charge in [0.25, 0.3) is 0 Å². The Bertz CT molecular complexity index is 993. The number of carbonyl (C=O) groups excluding carboxylic acids is 1. The van der Waals surface area contributed by atoms with Gasteiger partial charge in [-0.3, -0.25) is 14.3 Å². The third-order valence-corrected chi connectivity index (χ3v) is 4.76. The van der Waals surface area contributed by atoms with E-state index in [0.29, 0.717) is 10.9 Å². The van der Waals surface area contributed by atoms with E-state index >= 15 is 0 Å². The molecule has 0 saturated carbocycles. The third-order valence-electron chi connectivity index (χ3n) is 4.76. The number of amides is 1. The van der Waals surface area contributed by atoms with Gasteiger partial charge in [-0.15, -0.1) is 0 Å². The molecule has 0 saturated heterocycles. The zero-order chi connectivity index (χ0) is 17.2. The molecule has 25 heavy (non-hydrogen) atoms. The quantitative estimate of drug-likeness (QED) is 0.801. The van der Waals surface area contributed by atoms with Crippen LogP contribution in [-0.2, 0) is 17.8 Å². The van der Waals surface area contributed by atoms with Crippen LogP contribution in [0, 0.1) is 0 Å². The van der Waals surface area contributed by atoms with E-state index in [9.17, 15) is 9.59 Å². The van der Waals surface area contributed by atoms with E-state index in [1.807, 2.05) is 30.3 Å². The molecule has 3 aromatic rings. The van der Waals surface area contributed by atoms with Gasteiger partial charge in [0.2, 0.25) is 11.3 Å². The highest BCUT2D eigenvalue weighted by Crippen LogP contribution is 2.29. The van der Waals surface area contributed by atoms with Gasteiger partial charge in [0.1, 0.15) is 6.54 Å². The van der Waals surface area contributed by atoms with Crippen molar-refractivity contribution in [3.63, 3.8) is 0 Å². The minimum Gasteiger partial charge on any atom is -0.348 e. The summed E-state index contributed by atoms with van der Waals surface area (Å²) in [6.07, 6.45) is 4.35. The van der Waals surface area contributed by atoms with Crippen molar-refractivity contribution in [3.8, 4) is 0 Å². The Morgan fingerprint density at radius 1 is 1.16 bits per heavy atom. The normalized spacial score (nSPS) is 16.4. The van der Waals surface area contributed by atoms with Crippen LogP contribution in [0.15, 0.2) is 59.5 Å². The molecule has 0 unspecified atom stereocenters. The Morgan fingerprint density at radius 3 is 2.88 bits per heavy atom. The number of benzene rings is 2. The van der Waals surface area contributed by atoms with E-state index in [-0.39, 0.29) is 23.9 Å². The van der Waals surface area contributed by atoms with Crippen LogP contribution < -0.4 is 10.7 Å². The van der Waals surface area contributed by atoms with E-state index in [1.165, 1.54) is 17.3 Å².